The summed E-state index contributed by atoms with van der Waals surface area (Å²) in [6.45, 7) is 6.34. The molecule has 1 aromatic carbocycles. The van der Waals surface area contributed by atoms with Crippen LogP contribution in [0.15, 0.2) is 58.2 Å². The van der Waals surface area contributed by atoms with E-state index in [2.05, 4.69) is 35.4 Å². The quantitative estimate of drug-likeness (QED) is 0.403. The maximum atomic E-state index is 12.9. The molecule has 1 atom stereocenters. The Morgan fingerprint density at radius 3 is 2.77 bits per heavy atom. The number of allylic oxidation sites excluding steroid dienone is 1. The van der Waals surface area contributed by atoms with E-state index < -0.39 is 0 Å². The third-order valence-corrected chi connectivity index (χ3v) is 6.83. The van der Waals surface area contributed by atoms with Gasteiger partial charge < -0.3 is 10.1 Å². The number of benzene rings is 1. The van der Waals surface area contributed by atoms with Gasteiger partial charge in [0.15, 0.2) is 0 Å². The molecule has 0 saturated carbocycles. The van der Waals surface area contributed by atoms with Crippen LogP contribution >= 0.6 is 23.1 Å². The van der Waals surface area contributed by atoms with Crippen molar-refractivity contribution in [2.24, 2.45) is 0 Å². The summed E-state index contributed by atoms with van der Waals surface area (Å²) in [5, 5.41) is 10.7. The van der Waals surface area contributed by atoms with Crippen LogP contribution in [0.5, 0.6) is 0 Å². The summed E-state index contributed by atoms with van der Waals surface area (Å²) < 4.78 is 7.32. The van der Waals surface area contributed by atoms with Crippen LogP contribution in [-0.4, -0.2) is 27.3 Å². The monoisotopic (exact) mass is 440 g/mol. The molecule has 8 heteroatoms. The highest BCUT2D eigenvalue weighted by Crippen LogP contribution is 2.40. The van der Waals surface area contributed by atoms with Crippen molar-refractivity contribution in [2.45, 2.75) is 44.1 Å². The van der Waals surface area contributed by atoms with Crippen LogP contribution < -0.4 is 5.32 Å². The molecule has 0 radical (unpaired) electrons. The molecule has 1 aliphatic heterocycles. The zero-order valence-corrected chi connectivity index (χ0v) is 18.8. The number of hydrogen-bond donors (Lipinski definition) is 1. The summed E-state index contributed by atoms with van der Waals surface area (Å²) in [4.78, 5) is 18.7. The summed E-state index contributed by atoms with van der Waals surface area (Å²) in [5.41, 5.74) is 3.69. The molecule has 4 rings (SSSR count). The minimum Gasteiger partial charge on any atom is -0.462 e. The molecular formula is C22H24N4O2S2. The van der Waals surface area contributed by atoms with E-state index in [9.17, 15) is 4.79 Å². The Labute approximate surface area is 184 Å². The van der Waals surface area contributed by atoms with Gasteiger partial charge in [-0.3, -0.25) is 0 Å². The van der Waals surface area contributed by atoms with Gasteiger partial charge >= 0.3 is 5.97 Å². The SMILES string of the molecule is CCCOC(=O)C1=C(C)Nc2nc(SCc3ccccc3)nn2C1c1sccc1C. The van der Waals surface area contributed by atoms with Crippen molar-refractivity contribution in [1.82, 2.24) is 14.8 Å². The summed E-state index contributed by atoms with van der Waals surface area (Å²) in [6, 6.07) is 12.0. The van der Waals surface area contributed by atoms with Gasteiger partial charge in [-0.2, -0.15) is 4.98 Å². The van der Waals surface area contributed by atoms with E-state index in [1.165, 1.54) is 5.56 Å². The van der Waals surface area contributed by atoms with Crippen LogP contribution in [0, 0.1) is 6.92 Å². The van der Waals surface area contributed by atoms with Crippen LogP contribution in [0.3, 0.4) is 0 Å². The number of fused-ring (bicyclic) bond motifs is 1. The minimum atomic E-state index is -0.343. The molecule has 3 heterocycles. The van der Waals surface area contributed by atoms with Crippen molar-refractivity contribution in [3.8, 4) is 0 Å². The molecule has 0 fully saturated rings. The highest BCUT2D eigenvalue weighted by Gasteiger charge is 2.36. The van der Waals surface area contributed by atoms with Gasteiger partial charge in [0.25, 0.3) is 0 Å². The van der Waals surface area contributed by atoms with Crippen molar-refractivity contribution in [3.63, 3.8) is 0 Å². The standard InChI is InChI=1S/C22H24N4O2S2/c1-4-11-28-20(27)17-15(3)23-21-24-22(30-13-16-8-6-5-7-9-16)25-26(21)18(17)19-14(2)10-12-29-19/h5-10,12,18H,4,11,13H2,1-3H3,(H,23,24,25). The molecule has 1 aliphatic rings. The number of thiophene rings is 1. The molecule has 0 aliphatic carbocycles. The number of carbonyl (C=O) groups excluding carboxylic acids is 1. The van der Waals surface area contributed by atoms with Crippen molar-refractivity contribution >= 4 is 35.0 Å². The molecule has 0 amide bonds. The molecule has 3 aromatic rings. The van der Waals surface area contributed by atoms with E-state index in [1.807, 2.05) is 42.1 Å². The Hall–Kier alpha value is -2.58. The number of esters is 1. The van der Waals surface area contributed by atoms with Crippen LogP contribution in [-0.2, 0) is 15.3 Å². The number of aryl methyl sites for hydroxylation is 1. The van der Waals surface area contributed by atoms with E-state index in [1.54, 1.807) is 23.1 Å². The zero-order chi connectivity index (χ0) is 21.1. The zero-order valence-electron chi connectivity index (χ0n) is 17.2. The number of thioether (sulfide) groups is 1. The first-order valence-electron chi connectivity index (χ1n) is 9.90. The lowest BCUT2D eigenvalue weighted by Crippen LogP contribution is -2.29. The number of rotatable bonds is 7. The van der Waals surface area contributed by atoms with E-state index in [0.29, 0.717) is 23.3 Å². The van der Waals surface area contributed by atoms with Gasteiger partial charge in [0.05, 0.1) is 12.2 Å². The summed E-state index contributed by atoms with van der Waals surface area (Å²) in [7, 11) is 0. The van der Waals surface area contributed by atoms with Gasteiger partial charge in [0.2, 0.25) is 11.1 Å². The molecule has 6 nitrogen and oxygen atoms in total. The largest absolute Gasteiger partial charge is 0.462 e. The van der Waals surface area contributed by atoms with E-state index >= 15 is 0 Å². The van der Waals surface area contributed by atoms with E-state index in [0.717, 1.165) is 28.3 Å². The van der Waals surface area contributed by atoms with Gasteiger partial charge in [-0.05, 0) is 42.8 Å². The van der Waals surface area contributed by atoms with Gasteiger partial charge in [-0.1, -0.05) is 49.0 Å². The highest BCUT2D eigenvalue weighted by atomic mass is 32.2. The van der Waals surface area contributed by atoms with Crippen molar-refractivity contribution < 1.29 is 9.53 Å². The van der Waals surface area contributed by atoms with Crippen molar-refractivity contribution in [3.05, 3.63) is 69.1 Å². The number of carbonyl (C=O) groups is 1. The second kappa shape index (κ2) is 9.06. The molecule has 2 aromatic heterocycles. The predicted octanol–water partition coefficient (Wildman–Crippen LogP) is 5.18. The van der Waals surface area contributed by atoms with Crippen molar-refractivity contribution in [2.75, 3.05) is 11.9 Å². The first kappa shape index (κ1) is 20.7. The molecular weight excluding hydrogens is 416 g/mol. The third kappa shape index (κ3) is 4.15. The van der Waals surface area contributed by atoms with Crippen LogP contribution in [0.1, 0.15) is 42.3 Å². The Kier molecular flexibility index (Phi) is 6.24. The fraction of sp³-hybridized carbons (Fsp3) is 0.318. The molecule has 1 unspecified atom stereocenters. The number of hydrogen-bond acceptors (Lipinski definition) is 7. The number of ether oxygens (including phenoxy) is 1. The van der Waals surface area contributed by atoms with Crippen LogP contribution in [0.2, 0.25) is 0 Å². The fourth-order valence-electron chi connectivity index (χ4n) is 3.36. The number of nitrogens with one attached hydrogen (secondary N) is 1. The maximum absolute atomic E-state index is 12.9. The van der Waals surface area contributed by atoms with E-state index in [4.69, 9.17) is 9.84 Å². The molecule has 0 spiro atoms. The van der Waals surface area contributed by atoms with Crippen LogP contribution in [0.25, 0.3) is 0 Å². The second-order valence-corrected chi connectivity index (χ2v) is 9.00. The average Bonchev–Trinajstić information content (AvgIpc) is 3.35. The molecule has 30 heavy (non-hydrogen) atoms. The number of nitrogens with zero attached hydrogens (tertiary/aromatic N) is 3. The first-order valence-corrected chi connectivity index (χ1v) is 11.8. The molecule has 0 bridgehead atoms. The van der Waals surface area contributed by atoms with Gasteiger partial charge in [-0.15, -0.1) is 16.4 Å². The van der Waals surface area contributed by atoms with E-state index in [-0.39, 0.29) is 12.0 Å². The predicted molar refractivity (Wildman–Crippen MR) is 121 cm³/mol. The number of aromatic nitrogens is 3. The van der Waals surface area contributed by atoms with Crippen LogP contribution in [0.4, 0.5) is 5.95 Å². The second-order valence-electron chi connectivity index (χ2n) is 7.11. The Morgan fingerprint density at radius 1 is 1.27 bits per heavy atom. The molecule has 0 saturated heterocycles. The first-order chi connectivity index (χ1) is 14.6. The normalized spacial score (nSPS) is 15.6. The minimum absolute atomic E-state index is 0.306. The summed E-state index contributed by atoms with van der Waals surface area (Å²) in [5.74, 6) is 1.12. The smallest absolute Gasteiger partial charge is 0.338 e. The van der Waals surface area contributed by atoms with Gasteiger partial charge in [-0.25, -0.2) is 9.48 Å². The third-order valence-electron chi connectivity index (χ3n) is 4.85. The fourth-order valence-corrected chi connectivity index (χ4v) is 5.16. The average molecular weight is 441 g/mol. The lowest BCUT2D eigenvalue weighted by molar-refractivity contribution is -0.139. The van der Waals surface area contributed by atoms with Gasteiger partial charge in [0, 0.05) is 16.3 Å². The Morgan fingerprint density at radius 2 is 2.07 bits per heavy atom. The molecule has 1 N–H and O–H groups in total. The van der Waals surface area contributed by atoms with Gasteiger partial charge in [0.1, 0.15) is 6.04 Å². The molecule has 156 valence electrons. The lowest BCUT2D eigenvalue weighted by Gasteiger charge is -2.27. The summed E-state index contributed by atoms with van der Waals surface area (Å²) in [6.07, 6.45) is 0.781. The number of anilines is 1. The Bertz CT molecular complexity index is 1070. The lowest BCUT2D eigenvalue weighted by atomic mass is 10.00. The topological polar surface area (TPSA) is 69.0 Å². The Balaban J connectivity index is 1.68. The highest BCUT2D eigenvalue weighted by molar-refractivity contribution is 7.98. The van der Waals surface area contributed by atoms with Crippen molar-refractivity contribution in [1.29, 1.82) is 0 Å². The maximum Gasteiger partial charge on any atom is 0.338 e. The summed E-state index contributed by atoms with van der Waals surface area (Å²) >= 11 is 3.20.